The second-order valence-electron chi connectivity index (χ2n) is 5.16. The molecule has 0 atom stereocenters. The number of carboxylic acid groups (broad SMARTS) is 1. The number of benzene rings is 1. The van der Waals surface area contributed by atoms with Crippen molar-refractivity contribution in [3.05, 3.63) is 29.1 Å². The molecule has 22 heavy (non-hydrogen) atoms. The number of nitrogens with one attached hydrogen (secondary N) is 1. The molecule has 1 aliphatic heterocycles. The number of hydrogen-bond acceptors (Lipinski definition) is 3. The monoisotopic (exact) mass is 310 g/mol. The Hall–Kier alpha value is -2.31. The highest BCUT2D eigenvalue weighted by Crippen LogP contribution is 2.26. The van der Waals surface area contributed by atoms with E-state index in [4.69, 9.17) is 9.84 Å². The number of carboxylic acids is 1. The predicted octanol–water partition coefficient (Wildman–Crippen LogP) is 1.77. The van der Waals surface area contributed by atoms with Gasteiger partial charge in [0.2, 0.25) is 0 Å². The van der Waals surface area contributed by atoms with E-state index in [1.165, 1.54) is 13.2 Å². The first kappa shape index (κ1) is 16.1. The van der Waals surface area contributed by atoms with E-state index in [1.807, 2.05) is 0 Å². The van der Waals surface area contributed by atoms with Crippen LogP contribution in [0.5, 0.6) is 5.75 Å². The summed E-state index contributed by atoms with van der Waals surface area (Å²) in [5, 5.41) is 11.2. The van der Waals surface area contributed by atoms with Gasteiger partial charge in [0.1, 0.15) is 0 Å². The van der Waals surface area contributed by atoms with Gasteiger partial charge < -0.3 is 20.1 Å². The van der Waals surface area contributed by atoms with Crippen LogP contribution in [-0.4, -0.2) is 42.2 Å². The molecule has 0 bridgehead atoms. The zero-order valence-corrected chi connectivity index (χ0v) is 12.4. The van der Waals surface area contributed by atoms with Gasteiger partial charge in [-0.3, -0.25) is 4.79 Å². The number of urea groups is 1. The molecule has 0 fully saturated rings. The molecule has 120 valence electrons. The van der Waals surface area contributed by atoms with Crippen molar-refractivity contribution in [2.75, 3.05) is 20.2 Å². The number of ether oxygens (including phenoxy) is 1. The lowest BCUT2D eigenvalue weighted by atomic mass is 9.99. The molecule has 7 heteroatoms. The first-order valence-corrected chi connectivity index (χ1v) is 7.11. The molecule has 1 aromatic carbocycles. The van der Waals surface area contributed by atoms with Crippen molar-refractivity contribution in [3.8, 4) is 5.75 Å². The second-order valence-corrected chi connectivity index (χ2v) is 5.16. The van der Waals surface area contributed by atoms with Gasteiger partial charge in [-0.2, -0.15) is 0 Å². The van der Waals surface area contributed by atoms with Gasteiger partial charge in [-0.05, 0) is 36.1 Å². The van der Waals surface area contributed by atoms with Crippen LogP contribution in [-0.2, 0) is 17.8 Å². The Balaban J connectivity index is 1.92. The van der Waals surface area contributed by atoms with Gasteiger partial charge >= 0.3 is 12.0 Å². The van der Waals surface area contributed by atoms with E-state index in [0.29, 0.717) is 32.5 Å². The average Bonchev–Trinajstić information content (AvgIpc) is 2.49. The molecule has 1 aliphatic rings. The molecule has 0 saturated heterocycles. The normalized spacial score (nSPS) is 13.5. The number of rotatable bonds is 5. The molecule has 0 unspecified atom stereocenters. The minimum Gasteiger partial charge on any atom is -0.494 e. The van der Waals surface area contributed by atoms with Gasteiger partial charge in [0.25, 0.3) is 0 Å². The summed E-state index contributed by atoms with van der Waals surface area (Å²) in [5.74, 6) is -1.11. The van der Waals surface area contributed by atoms with Gasteiger partial charge in [0.15, 0.2) is 11.6 Å². The van der Waals surface area contributed by atoms with E-state index in [1.54, 1.807) is 11.0 Å². The summed E-state index contributed by atoms with van der Waals surface area (Å²) < 4.78 is 18.7. The number of fused-ring (bicyclic) bond motifs is 1. The summed E-state index contributed by atoms with van der Waals surface area (Å²) in [6.45, 7) is 1.18. The molecule has 0 spiro atoms. The van der Waals surface area contributed by atoms with E-state index in [9.17, 15) is 14.0 Å². The van der Waals surface area contributed by atoms with Crippen LogP contribution in [0.2, 0.25) is 0 Å². The SMILES string of the molecule is COc1cc2c(cc1F)CN(C(=O)NCCCC(=O)O)CC2. The number of hydrogen-bond donors (Lipinski definition) is 2. The highest BCUT2D eigenvalue weighted by Gasteiger charge is 2.22. The maximum atomic E-state index is 13.7. The van der Waals surface area contributed by atoms with Crippen LogP contribution < -0.4 is 10.1 Å². The first-order valence-electron chi connectivity index (χ1n) is 7.11. The Kier molecular flexibility index (Phi) is 5.19. The smallest absolute Gasteiger partial charge is 0.317 e. The Morgan fingerprint density at radius 2 is 2.18 bits per heavy atom. The lowest BCUT2D eigenvalue weighted by Crippen LogP contribution is -2.43. The first-order chi connectivity index (χ1) is 10.5. The Morgan fingerprint density at radius 1 is 1.41 bits per heavy atom. The van der Waals surface area contributed by atoms with Crippen LogP contribution in [0.15, 0.2) is 12.1 Å². The minimum absolute atomic E-state index is 0.0219. The third kappa shape index (κ3) is 3.87. The van der Waals surface area contributed by atoms with E-state index in [2.05, 4.69) is 5.32 Å². The van der Waals surface area contributed by atoms with E-state index in [0.717, 1.165) is 11.1 Å². The molecule has 1 heterocycles. The molecule has 0 aromatic heterocycles. The van der Waals surface area contributed by atoms with Crippen molar-refractivity contribution in [1.82, 2.24) is 10.2 Å². The molecule has 0 radical (unpaired) electrons. The summed E-state index contributed by atoms with van der Waals surface area (Å²) in [6, 6.07) is 2.82. The number of carbonyl (C=O) groups is 2. The summed E-state index contributed by atoms with van der Waals surface area (Å²) in [7, 11) is 1.42. The molecule has 2 rings (SSSR count). The van der Waals surface area contributed by atoms with Gasteiger partial charge in [0, 0.05) is 26.1 Å². The van der Waals surface area contributed by atoms with Crippen LogP contribution in [0.25, 0.3) is 0 Å². The zero-order chi connectivity index (χ0) is 16.1. The Labute approximate surface area is 127 Å². The largest absolute Gasteiger partial charge is 0.494 e. The number of nitrogens with zero attached hydrogens (tertiary/aromatic N) is 1. The van der Waals surface area contributed by atoms with Crippen molar-refractivity contribution < 1.29 is 23.8 Å². The maximum Gasteiger partial charge on any atom is 0.317 e. The van der Waals surface area contributed by atoms with Crippen molar-refractivity contribution >= 4 is 12.0 Å². The molecular formula is C15H19FN2O4. The summed E-state index contributed by atoms with van der Waals surface area (Å²) >= 11 is 0. The molecule has 1 aromatic rings. The third-order valence-electron chi connectivity index (χ3n) is 3.62. The summed E-state index contributed by atoms with van der Waals surface area (Å²) in [6.07, 6.45) is 1.04. The van der Waals surface area contributed by atoms with Gasteiger partial charge in [-0.15, -0.1) is 0 Å². The fraction of sp³-hybridized carbons (Fsp3) is 0.467. The van der Waals surface area contributed by atoms with Crippen molar-refractivity contribution in [2.45, 2.75) is 25.8 Å². The highest BCUT2D eigenvalue weighted by atomic mass is 19.1. The quantitative estimate of drug-likeness (QED) is 0.812. The van der Waals surface area contributed by atoms with Gasteiger partial charge in [-0.25, -0.2) is 9.18 Å². The van der Waals surface area contributed by atoms with E-state index in [-0.39, 0.29) is 18.2 Å². The molecule has 0 aliphatic carbocycles. The molecule has 6 nitrogen and oxygen atoms in total. The van der Waals surface area contributed by atoms with Crippen molar-refractivity contribution in [2.24, 2.45) is 0 Å². The number of aliphatic carboxylic acids is 1. The van der Waals surface area contributed by atoms with Crippen LogP contribution in [0, 0.1) is 5.82 Å². The number of methoxy groups -OCH3 is 1. The van der Waals surface area contributed by atoms with E-state index >= 15 is 0 Å². The number of amides is 2. The van der Waals surface area contributed by atoms with Crippen LogP contribution in [0.3, 0.4) is 0 Å². The van der Waals surface area contributed by atoms with Crippen LogP contribution in [0.1, 0.15) is 24.0 Å². The molecule has 2 amide bonds. The predicted molar refractivity (Wildman–Crippen MR) is 77.3 cm³/mol. The third-order valence-corrected chi connectivity index (χ3v) is 3.62. The molecule has 2 N–H and O–H groups in total. The molecular weight excluding hydrogens is 291 g/mol. The van der Waals surface area contributed by atoms with E-state index < -0.39 is 11.8 Å². The Morgan fingerprint density at radius 3 is 2.86 bits per heavy atom. The zero-order valence-electron chi connectivity index (χ0n) is 12.4. The van der Waals surface area contributed by atoms with Gasteiger partial charge in [-0.1, -0.05) is 0 Å². The standard InChI is InChI=1S/C15H19FN2O4/c1-22-13-8-10-4-6-18(9-11(10)7-12(13)16)15(21)17-5-2-3-14(19)20/h7-8H,2-6,9H2,1H3,(H,17,21)(H,19,20). The lowest BCUT2D eigenvalue weighted by Gasteiger charge is -2.29. The molecule has 0 saturated carbocycles. The van der Waals surface area contributed by atoms with Crippen molar-refractivity contribution in [1.29, 1.82) is 0 Å². The number of halogens is 1. The average molecular weight is 310 g/mol. The number of carbonyl (C=O) groups excluding carboxylic acids is 1. The summed E-state index contributed by atoms with van der Waals surface area (Å²) in [5.41, 5.74) is 1.75. The fourth-order valence-electron chi connectivity index (χ4n) is 2.43. The fourth-order valence-corrected chi connectivity index (χ4v) is 2.43. The van der Waals surface area contributed by atoms with Crippen LogP contribution >= 0.6 is 0 Å². The highest BCUT2D eigenvalue weighted by molar-refractivity contribution is 5.74. The van der Waals surface area contributed by atoms with Gasteiger partial charge in [0.05, 0.1) is 7.11 Å². The van der Waals surface area contributed by atoms with Crippen molar-refractivity contribution in [3.63, 3.8) is 0 Å². The Bertz CT molecular complexity index is 577. The lowest BCUT2D eigenvalue weighted by molar-refractivity contribution is -0.137. The second kappa shape index (κ2) is 7.11. The summed E-state index contributed by atoms with van der Waals surface area (Å²) in [4.78, 5) is 24.0. The maximum absolute atomic E-state index is 13.7. The van der Waals surface area contributed by atoms with Crippen LogP contribution in [0.4, 0.5) is 9.18 Å². The topological polar surface area (TPSA) is 78.9 Å². The minimum atomic E-state index is -0.884.